The minimum Gasteiger partial charge on any atom is -0.398 e. The van der Waals surface area contributed by atoms with E-state index in [0.717, 1.165) is 22.6 Å². The Balaban J connectivity index is 1.72. The SMILES string of the molecule is CO/N=C(/C(=O)NC1C(=O)N2C(C)=C(CCl)CSC12)c1csc(NC(=O)CCl)n1. The highest BCUT2D eigenvalue weighted by molar-refractivity contribution is 8.00. The number of fused-ring (bicyclic) bond motifs is 1. The third kappa shape index (κ3) is 4.37. The van der Waals surface area contributed by atoms with Crippen LogP contribution in [0.4, 0.5) is 5.13 Å². The summed E-state index contributed by atoms with van der Waals surface area (Å²) in [6, 6.07) is -0.685. The molecule has 0 aromatic carbocycles. The second-order valence-electron chi connectivity index (χ2n) is 6.03. The molecule has 0 spiro atoms. The van der Waals surface area contributed by atoms with Crippen LogP contribution < -0.4 is 10.6 Å². The number of aromatic nitrogens is 1. The van der Waals surface area contributed by atoms with Crippen molar-refractivity contribution in [3.05, 3.63) is 22.3 Å². The Kier molecular flexibility index (Phi) is 7.04. The number of β-lactam (4-membered cyclic amide) rings is 1. The smallest absolute Gasteiger partial charge is 0.276 e. The molecule has 0 bridgehead atoms. The number of thiazole rings is 1. The lowest BCUT2D eigenvalue weighted by atomic mass is 10.0. The zero-order valence-corrected chi connectivity index (χ0v) is 18.5. The van der Waals surface area contributed by atoms with E-state index >= 15 is 0 Å². The van der Waals surface area contributed by atoms with Gasteiger partial charge in [-0.3, -0.25) is 19.3 Å². The number of oxime groups is 1. The molecule has 13 heteroatoms. The molecule has 1 saturated heterocycles. The van der Waals surface area contributed by atoms with E-state index in [1.807, 2.05) is 6.92 Å². The Bertz CT molecular complexity index is 904. The number of hydrogen-bond donors (Lipinski definition) is 2. The van der Waals surface area contributed by atoms with Gasteiger partial charge < -0.3 is 15.5 Å². The van der Waals surface area contributed by atoms with E-state index in [-0.39, 0.29) is 33.7 Å². The van der Waals surface area contributed by atoms with E-state index in [0.29, 0.717) is 11.6 Å². The molecule has 0 saturated carbocycles. The number of anilines is 1. The number of alkyl halides is 2. The van der Waals surface area contributed by atoms with Crippen LogP contribution in [0.25, 0.3) is 0 Å². The van der Waals surface area contributed by atoms with Crippen molar-refractivity contribution in [1.29, 1.82) is 0 Å². The highest BCUT2D eigenvalue weighted by Gasteiger charge is 2.51. The lowest BCUT2D eigenvalue weighted by Crippen LogP contribution is -2.70. The van der Waals surface area contributed by atoms with Crippen LogP contribution in [0.2, 0.25) is 0 Å². The summed E-state index contributed by atoms with van der Waals surface area (Å²) in [6.07, 6.45) is 0. The maximum atomic E-state index is 12.8. The van der Waals surface area contributed by atoms with Crippen LogP contribution in [0.15, 0.2) is 21.8 Å². The Hall–Kier alpha value is -1.82. The Morgan fingerprint density at radius 1 is 1.45 bits per heavy atom. The summed E-state index contributed by atoms with van der Waals surface area (Å²) < 4.78 is 0. The highest BCUT2D eigenvalue weighted by atomic mass is 35.5. The topological polar surface area (TPSA) is 113 Å². The lowest BCUT2D eigenvalue weighted by Gasteiger charge is -2.50. The quantitative estimate of drug-likeness (QED) is 0.266. The van der Waals surface area contributed by atoms with Crippen molar-refractivity contribution >= 4 is 74.9 Å². The molecule has 2 unspecified atom stereocenters. The number of rotatable bonds is 7. The first-order valence-electron chi connectivity index (χ1n) is 8.34. The van der Waals surface area contributed by atoms with Crippen LogP contribution in [0.5, 0.6) is 0 Å². The second kappa shape index (κ2) is 9.33. The summed E-state index contributed by atoms with van der Waals surface area (Å²) in [6.45, 7) is 1.85. The number of hydrogen-bond acceptors (Lipinski definition) is 8. The maximum absolute atomic E-state index is 12.8. The standard InChI is InChI=1S/C16H17Cl2N5O4S2/c1-7-8(3-17)5-28-15-12(14(26)23(7)15)21-13(25)11(22-27-2)9-6-29-16(19-9)20-10(24)4-18/h6,12,15H,3-5H2,1-2H3,(H,21,25)(H,19,20,24)/b22-11+. The van der Waals surface area contributed by atoms with Gasteiger partial charge in [-0.05, 0) is 12.5 Å². The van der Waals surface area contributed by atoms with Crippen molar-refractivity contribution in [3.63, 3.8) is 0 Å². The van der Waals surface area contributed by atoms with Crippen molar-refractivity contribution in [3.8, 4) is 0 Å². The van der Waals surface area contributed by atoms with Gasteiger partial charge in [-0.1, -0.05) is 5.16 Å². The molecule has 1 aromatic heterocycles. The molecule has 2 aliphatic rings. The van der Waals surface area contributed by atoms with Gasteiger partial charge in [0.25, 0.3) is 11.8 Å². The molecule has 1 fully saturated rings. The van der Waals surface area contributed by atoms with Gasteiger partial charge >= 0.3 is 0 Å². The molecule has 156 valence electrons. The predicted molar refractivity (Wildman–Crippen MR) is 113 cm³/mol. The van der Waals surface area contributed by atoms with Crippen LogP contribution in [0.1, 0.15) is 12.6 Å². The lowest BCUT2D eigenvalue weighted by molar-refractivity contribution is -0.145. The number of thioether (sulfide) groups is 1. The van der Waals surface area contributed by atoms with Crippen molar-refractivity contribution in [2.45, 2.75) is 18.3 Å². The third-order valence-corrected chi connectivity index (χ3v) is 6.97. The molecule has 3 rings (SSSR count). The zero-order chi connectivity index (χ0) is 21.1. The summed E-state index contributed by atoms with van der Waals surface area (Å²) in [5.41, 5.74) is 1.95. The number of nitrogens with zero attached hydrogens (tertiary/aromatic N) is 3. The van der Waals surface area contributed by atoms with Crippen molar-refractivity contribution < 1.29 is 19.2 Å². The van der Waals surface area contributed by atoms with Gasteiger partial charge in [0, 0.05) is 22.7 Å². The number of carbonyl (C=O) groups excluding carboxylic acids is 3. The molecular weight excluding hydrogens is 461 g/mol. The fourth-order valence-electron chi connectivity index (χ4n) is 2.82. The fraction of sp³-hybridized carbons (Fsp3) is 0.438. The van der Waals surface area contributed by atoms with Gasteiger partial charge in [0.15, 0.2) is 10.8 Å². The summed E-state index contributed by atoms with van der Waals surface area (Å²) in [4.78, 5) is 47.3. The van der Waals surface area contributed by atoms with Gasteiger partial charge in [0.1, 0.15) is 30.1 Å². The average molecular weight is 478 g/mol. The number of amides is 3. The van der Waals surface area contributed by atoms with Crippen molar-refractivity contribution in [1.82, 2.24) is 15.2 Å². The number of nitrogens with one attached hydrogen (secondary N) is 2. The van der Waals surface area contributed by atoms with Crippen molar-refractivity contribution in [2.75, 3.05) is 29.9 Å². The summed E-state index contributed by atoms with van der Waals surface area (Å²) in [5.74, 6) is -0.380. The molecular formula is C16H17Cl2N5O4S2. The molecule has 1 aromatic rings. The van der Waals surface area contributed by atoms with Crippen LogP contribution in [0, 0.1) is 0 Å². The van der Waals surface area contributed by atoms with E-state index in [1.54, 1.807) is 22.0 Å². The summed E-state index contributed by atoms with van der Waals surface area (Å²) in [5, 5.41) is 10.6. The minimum atomic E-state index is -0.685. The van der Waals surface area contributed by atoms with Crippen LogP contribution in [-0.4, -0.2) is 69.4 Å². The van der Waals surface area contributed by atoms with E-state index < -0.39 is 17.9 Å². The fourth-order valence-corrected chi connectivity index (χ4v) is 5.47. The van der Waals surface area contributed by atoms with Gasteiger partial charge in [0.05, 0.1) is 0 Å². The van der Waals surface area contributed by atoms with Crippen LogP contribution in [0.3, 0.4) is 0 Å². The monoisotopic (exact) mass is 477 g/mol. The number of carbonyl (C=O) groups is 3. The first-order valence-corrected chi connectivity index (χ1v) is 11.3. The number of allylic oxidation sites excluding steroid dienone is 1. The van der Waals surface area contributed by atoms with E-state index in [1.165, 1.54) is 7.11 Å². The first-order chi connectivity index (χ1) is 13.9. The molecule has 9 nitrogen and oxygen atoms in total. The van der Waals surface area contributed by atoms with Gasteiger partial charge in [-0.2, -0.15) is 0 Å². The van der Waals surface area contributed by atoms with E-state index in [2.05, 4.69) is 20.8 Å². The molecule has 2 N–H and O–H groups in total. The Labute approximate surface area is 184 Å². The Morgan fingerprint density at radius 3 is 2.86 bits per heavy atom. The van der Waals surface area contributed by atoms with Crippen LogP contribution in [-0.2, 0) is 19.2 Å². The zero-order valence-electron chi connectivity index (χ0n) is 15.4. The molecule has 0 aliphatic carbocycles. The first kappa shape index (κ1) is 21.9. The predicted octanol–water partition coefficient (Wildman–Crippen LogP) is 1.58. The molecule has 2 atom stereocenters. The summed E-state index contributed by atoms with van der Waals surface area (Å²) in [7, 11) is 1.30. The average Bonchev–Trinajstić information content (AvgIpc) is 3.17. The molecule has 3 heterocycles. The number of halogens is 2. The molecule has 0 radical (unpaired) electrons. The normalized spacial score (nSPS) is 21.4. The van der Waals surface area contributed by atoms with Crippen molar-refractivity contribution in [2.24, 2.45) is 5.16 Å². The van der Waals surface area contributed by atoms with Gasteiger partial charge in [-0.15, -0.1) is 46.3 Å². The minimum absolute atomic E-state index is 0.101. The second-order valence-corrected chi connectivity index (χ2v) is 8.52. The molecule has 3 amide bonds. The highest BCUT2D eigenvalue weighted by Crippen LogP contribution is 2.40. The largest absolute Gasteiger partial charge is 0.398 e. The van der Waals surface area contributed by atoms with E-state index in [9.17, 15) is 14.4 Å². The molecule has 2 aliphatic heterocycles. The summed E-state index contributed by atoms with van der Waals surface area (Å²) >= 11 is 14.0. The Morgan fingerprint density at radius 2 is 2.21 bits per heavy atom. The van der Waals surface area contributed by atoms with Gasteiger partial charge in [0.2, 0.25) is 5.91 Å². The third-order valence-electron chi connectivity index (χ3n) is 4.30. The molecule has 29 heavy (non-hydrogen) atoms. The van der Waals surface area contributed by atoms with Crippen LogP contribution >= 0.6 is 46.3 Å². The van der Waals surface area contributed by atoms with E-state index in [4.69, 9.17) is 28.0 Å². The maximum Gasteiger partial charge on any atom is 0.276 e. The van der Waals surface area contributed by atoms with Gasteiger partial charge in [-0.25, -0.2) is 4.98 Å².